The van der Waals surface area contributed by atoms with Crippen LogP contribution in [0.1, 0.15) is 22.3 Å². The van der Waals surface area contributed by atoms with Gasteiger partial charge >= 0.3 is 0 Å². The van der Waals surface area contributed by atoms with Crippen LogP contribution in [0, 0.1) is 11.8 Å². The van der Waals surface area contributed by atoms with Crippen molar-refractivity contribution in [2.24, 2.45) is 5.11 Å². The second-order valence-electron chi connectivity index (χ2n) is 3.24. The van der Waals surface area contributed by atoms with Gasteiger partial charge in [0.2, 0.25) is 0 Å². The number of nitrogens with zero attached hydrogens (tertiary/aromatic N) is 3. The fourth-order valence-electron chi connectivity index (χ4n) is 1.26. The molecule has 1 aromatic carbocycles. The summed E-state index contributed by atoms with van der Waals surface area (Å²) < 4.78 is 4.89. The van der Waals surface area contributed by atoms with Crippen molar-refractivity contribution in [3.05, 3.63) is 33.7 Å². The van der Waals surface area contributed by atoms with Gasteiger partial charge in [-0.2, -0.15) is 0 Å². The first-order valence-electron chi connectivity index (χ1n) is 5.08. The van der Waals surface area contributed by atoms with E-state index in [9.17, 15) is 9.90 Å². The molecule has 1 N–H and O–H groups in total. The molecule has 0 fully saturated rings. The van der Waals surface area contributed by atoms with Gasteiger partial charge < -0.3 is 9.84 Å². The largest absolute Gasteiger partial charge is 0.504 e. The molecule has 6 nitrogen and oxygen atoms in total. The van der Waals surface area contributed by atoms with Crippen LogP contribution in [0.4, 0.5) is 0 Å². The summed E-state index contributed by atoms with van der Waals surface area (Å²) >= 11 is 0. The highest BCUT2D eigenvalue weighted by Gasteiger charge is 2.07. The molecule has 92 valence electrons. The van der Waals surface area contributed by atoms with E-state index in [1.54, 1.807) is 0 Å². The first kappa shape index (κ1) is 13.4. The molecule has 0 aliphatic heterocycles. The predicted octanol–water partition coefficient (Wildman–Crippen LogP) is 2.27. The maximum atomic E-state index is 10.9. The molecule has 0 heterocycles. The predicted molar refractivity (Wildman–Crippen MR) is 65.6 cm³/mol. The van der Waals surface area contributed by atoms with Crippen molar-refractivity contribution in [2.45, 2.75) is 6.42 Å². The Bertz CT molecular complexity index is 552. The third-order valence-electron chi connectivity index (χ3n) is 2.10. The molecular formula is C12H11N3O3. The van der Waals surface area contributed by atoms with Gasteiger partial charge in [0.05, 0.1) is 7.11 Å². The standard InChI is InChI=1S/C12H11N3O3/c1-18-12-7-10(8-16)9(6-11(12)17)4-2-3-5-14-15-13/h6-8,17H,3,5H2,1H3. The van der Waals surface area contributed by atoms with Crippen LogP contribution in [0.25, 0.3) is 10.4 Å². The zero-order valence-electron chi connectivity index (χ0n) is 9.75. The Morgan fingerprint density at radius 2 is 2.39 bits per heavy atom. The van der Waals surface area contributed by atoms with E-state index >= 15 is 0 Å². The lowest BCUT2D eigenvalue weighted by atomic mass is 10.1. The maximum absolute atomic E-state index is 10.9. The minimum atomic E-state index is -0.0811. The summed E-state index contributed by atoms with van der Waals surface area (Å²) in [5, 5.41) is 12.9. The normalized spacial score (nSPS) is 8.72. The zero-order valence-corrected chi connectivity index (χ0v) is 9.75. The molecule has 0 saturated heterocycles. The number of phenols is 1. The van der Waals surface area contributed by atoms with Gasteiger partial charge in [-0.05, 0) is 11.6 Å². The second-order valence-corrected chi connectivity index (χ2v) is 3.24. The van der Waals surface area contributed by atoms with Crippen molar-refractivity contribution in [1.29, 1.82) is 0 Å². The Morgan fingerprint density at radius 1 is 1.61 bits per heavy atom. The Kier molecular flexibility index (Phi) is 5.10. The van der Waals surface area contributed by atoms with Crippen molar-refractivity contribution in [3.8, 4) is 23.3 Å². The van der Waals surface area contributed by atoms with E-state index in [1.807, 2.05) is 0 Å². The quantitative estimate of drug-likeness (QED) is 0.220. The molecule has 1 aromatic rings. The van der Waals surface area contributed by atoms with Crippen molar-refractivity contribution in [3.63, 3.8) is 0 Å². The summed E-state index contributed by atoms with van der Waals surface area (Å²) in [4.78, 5) is 13.5. The molecule has 0 aromatic heterocycles. The molecule has 0 atom stereocenters. The summed E-state index contributed by atoms with van der Waals surface area (Å²) in [6.45, 7) is 0.266. The summed E-state index contributed by atoms with van der Waals surface area (Å²) in [7, 11) is 1.40. The number of azide groups is 1. The summed E-state index contributed by atoms with van der Waals surface area (Å²) in [6.07, 6.45) is 1.02. The van der Waals surface area contributed by atoms with Crippen molar-refractivity contribution in [1.82, 2.24) is 0 Å². The highest BCUT2D eigenvalue weighted by Crippen LogP contribution is 2.28. The molecule has 0 saturated carbocycles. The average Bonchev–Trinajstić information content (AvgIpc) is 2.38. The number of ether oxygens (including phenoxy) is 1. The molecule has 1 rings (SSSR count). The van der Waals surface area contributed by atoms with E-state index in [0.717, 1.165) is 0 Å². The zero-order chi connectivity index (χ0) is 13.4. The highest BCUT2D eigenvalue weighted by molar-refractivity contribution is 5.81. The Balaban J connectivity index is 2.97. The number of aldehydes is 1. The third-order valence-corrected chi connectivity index (χ3v) is 2.10. The van der Waals surface area contributed by atoms with E-state index in [1.165, 1.54) is 19.2 Å². The van der Waals surface area contributed by atoms with Gasteiger partial charge in [-0.25, -0.2) is 0 Å². The number of aromatic hydroxyl groups is 1. The van der Waals surface area contributed by atoms with Crippen LogP contribution >= 0.6 is 0 Å². The molecule has 0 aliphatic rings. The Labute approximate surface area is 104 Å². The lowest BCUT2D eigenvalue weighted by molar-refractivity contribution is 0.112. The SMILES string of the molecule is COc1cc(C=O)c(C#CCCN=[N+]=[N-])cc1O. The van der Waals surface area contributed by atoms with Gasteiger partial charge in [-0.15, -0.1) is 0 Å². The minimum absolute atomic E-state index is 0.0811. The van der Waals surface area contributed by atoms with Crippen molar-refractivity contribution < 1.29 is 14.6 Å². The molecule has 0 amide bonds. The lowest BCUT2D eigenvalue weighted by Crippen LogP contribution is -1.91. The third kappa shape index (κ3) is 3.44. The van der Waals surface area contributed by atoms with Crippen LogP contribution in [0.3, 0.4) is 0 Å². The van der Waals surface area contributed by atoms with Gasteiger partial charge in [0.15, 0.2) is 17.8 Å². The molecular weight excluding hydrogens is 234 g/mol. The number of carbonyl (C=O) groups is 1. The van der Waals surface area contributed by atoms with E-state index in [4.69, 9.17) is 10.3 Å². The highest BCUT2D eigenvalue weighted by atomic mass is 16.5. The van der Waals surface area contributed by atoms with Crippen molar-refractivity contribution in [2.75, 3.05) is 13.7 Å². The van der Waals surface area contributed by atoms with Crippen LogP contribution in [0.5, 0.6) is 11.5 Å². The number of carbonyl (C=O) groups excluding carboxylic acids is 1. The number of benzene rings is 1. The Morgan fingerprint density at radius 3 is 3.00 bits per heavy atom. The molecule has 0 aliphatic carbocycles. The van der Waals surface area contributed by atoms with Crippen LogP contribution in [0.2, 0.25) is 0 Å². The molecule has 0 unspecified atom stereocenters. The van der Waals surface area contributed by atoms with Gasteiger partial charge in [0.25, 0.3) is 0 Å². The van der Waals surface area contributed by atoms with Crippen LogP contribution in [-0.2, 0) is 0 Å². The molecule has 0 radical (unpaired) electrons. The maximum Gasteiger partial charge on any atom is 0.161 e. The van der Waals surface area contributed by atoms with Crippen LogP contribution in [0.15, 0.2) is 17.2 Å². The number of hydrogen-bond donors (Lipinski definition) is 1. The number of rotatable bonds is 4. The van der Waals surface area contributed by atoms with Crippen molar-refractivity contribution >= 4 is 6.29 Å². The average molecular weight is 245 g/mol. The number of hydrogen-bond acceptors (Lipinski definition) is 4. The first-order valence-corrected chi connectivity index (χ1v) is 5.08. The van der Waals surface area contributed by atoms with E-state index in [-0.39, 0.29) is 18.0 Å². The van der Waals surface area contributed by atoms with Gasteiger partial charge in [0.1, 0.15) is 0 Å². The lowest BCUT2D eigenvalue weighted by Gasteiger charge is -2.05. The van der Waals surface area contributed by atoms with E-state index < -0.39 is 0 Å². The summed E-state index contributed by atoms with van der Waals surface area (Å²) in [5.41, 5.74) is 8.82. The molecule has 0 spiro atoms. The monoisotopic (exact) mass is 245 g/mol. The summed E-state index contributed by atoms with van der Waals surface area (Å²) in [5.74, 6) is 5.62. The summed E-state index contributed by atoms with van der Waals surface area (Å²) in [6, 6.07) is 2.78. The molecule has 18 heavy (non-hydrogen) atoms. The second kappa shape index (κ2) is 6.84. The van der Waals surface area contributed by atoms with Crippen LogP contribution < -0.4 is 4.74 Å². The van der Waals surface area contributed by atoms with E-state index in [0.29, 0.717) is 23.8 Å². The minimum Gasteiger partial charge on any atom is -0.504 e. The topological polar surface area (TPSA) is 95.3 Å². The van der Waals surface area contributed by atoms with Gasteiger partial charge in [0, 0.05) is 35.1 Å². The Hall–Kier alpha value is -2.64. The van der Waals surface area contributed by atoms with Gasteiger partial charge in [-0.3, -0.25) is 4.79 Å². The smallest absolute Gasteiger partial charge is 0.161 e. The molecule has 6 heteroatoms. The van der Waals surface area contributed by atoms with Crippen LogP contribution in [-0.4, -0.2) is 25.0 Å². The fourth-order valence-corrected chi connectivity index (χ4v) is 1.26. The van der Waals surface area contributed by atoms with E-state index in [2.05, 4.69) is 21.9 Å². The first-order chi connectivity index (χ1) is 8.72. The number of phenolic OH excluding ortho intramolecular Hbond substituents is 1. The van der Waals surface area contributed by atoms with Gasteiger partial charge in [-0.1, -0.05) is 17.0 Å². The molecule has 0 bridgehead atoms. The number of methoxy groups -OCH3 is 1. The fraction of sp³-hybridized carbons (Fsp3) is 0.250.